The summed E-state index contributed by atoms with van der Waals surface area (Å²) in [6.07, 6.45) is -6.40. The first-order chi connectivity index (χ1) is 8.02. The third-order valence-electron chi connectivity index (χ3n) is 2.02. The quantitative estimate of drug-likeness (QED) is 0.858. The van der Waals surface area contributed by atoms with Gasteiger partial charge in [-0.05, 0) is 23.8 Å². The Hall–Kier alpha value is -1.73. The van der Waals surface area contributed by atoms with Gasteiger partial charge in [-0.25, -0.2) is 9.18 Å². The first kappa shape index (κ1) is 14.3. The van der Waals surface area contributed by atoms with Gasteiger partial charge in [-0.1, -0.05) is 0 Å². The summed E-state index contributed by atoms with van der Waals surface area (Å²) in [7, 11) is 0. The molecule has 0 bridgehead atoms. The number of carboxylic acids is 1. The van der Waals surface area contributed by atoms with Gasteiger partial charge in [0.2, 0.25) is 0 Å². The van der Waals surface area contributed by atoms with E-state index in [1.165, 1.54) is 0 Å². The molecule has 100 valence electrons. The second-order valence-corrected chi connectivity index (χ2v) is 3.53. The van der Waals surface area contributed by atoms with Gasteiger partial charge < -0.3 is 5.11 Å². The molecule has 0 aromatic heterocycles. The van der Waals surface area contributed by atoms with E-state index in [1.807, 2.05) is 0 Å². The van der Waals surface area contributed by atoms with Gasteiger partial charge in [0.1, 0.15) is 5.82 Å². The number of alkyl halides is 5. The molecular formula is C10H6F6O2. The Morgan fingerprint density at radius 1 is 1.11 bits per heavy atom. The number of rotatable bonds is 3. The minimum Gasteiger partial charge on any atom is -0.477 e. The van der Waals surface area contributed by atoms with Crippen LogP contribution in [0.1, 0.15) is 11.1 Å². The highest BCUT2D eigenvalue weighted by Gasteiger charge is 2.40. The summed E-state index contributed by atoms with van der Waals surface area (Å²) in [5.41, 5.74) is -2.19. The largest absolute Gasteiger partial charge is 0.477 e. The maximum absolute atomic E-state index is 12.8. The van der Waals surface area contributed by atoms with Gasteiger partial charge in [0.05, 0.1) is 5.56 Å². The predicted molar refractivity (Wildman–Crippen MR) is 47.7 cm³/mol. The Balaban J connectivity index is 3.12. The Bertz CT molecular complexity index is 466. The Kier molecular flexibility index (Phi) is 3.59. The molecule has 0 unspecified atom stereocenters. The summed E-state index contributed by atoms with van der Waals surface area (Å²) in [4.78, 5) is 10.1. The van der Waals surface area contributed by atoms with Crippen molar-refractivity contribution in [3.8, 4) is 0 Å². The number of hydrogen-bond acceptors (Lipinski definition) is 1. The fourth-order valence-electron chi connectivity index (χ4n) is 1.25. The third-order valence-corrected chi connectivity index (χ3v) is 2.02. The van der Waals surface area contributed by atoms with Crippen LogP contribution in [0.4, 0.5) is 26.3 Å². The summed E-state index contributed by atoms with van der Waals surface area (Å²) in [5, 5.41) is 8.14. The van der Waals surface area contributed by atoms with Crippen LogP contribution < -0.4 is 0 Å². The topological polar surface area (TPSA) is 37.3 Å². The average molecular weight is 272 g/mol. The van der Waals surface area contributed by atoms with Gasteiger partial charge >= 0.3 is 18.1 Å². The van der Waals surface area contributed by atoms with E-state index >= 15 is 0 Å². The zero-order valence-electron chi connectivity index (χ0n) is 8.56. The first-order valence-corrected chi connectivity index (χ1v) is 4.50. The molecule has 0 atom stereocenters. The average Bonchev–Trinajstić information content (AvgIpc) is 2.13. The highest BCUT2D eigenvalue weighted by atomic mass is 19.4. The standard InChI is InChI=1S/C10H6F6O2/c11-7-2-5(4-9(12,13)8(17)18)1-6(3-7)10(14,15)16/h1-3H,4H2,(H,17,18). The highest BCUT2D eigenvalue weighted by Crippen LogP contribution is 2.31. The highest BCUT2D eigenvalue weighted by molar-refractivity contribution is 5.75. The fourth-order valence-corrected chi connectivity index (χ4v) is 1.25. The zero-order valence-corrected chi connectivity index (χ0v) is 8.56. The van der Waals surface area contributed by atoms with E-state index in [1.54, 1.807) is 0 Å². The van der Waals surface area contributed by atoms with E-state index in [0.717, 1.165) is 0 Å². The van der Waals surface area contributed by atoms with Crippen LogP contribution in [0, 0.1) is 5.82 Å². The van der Waals surface area contributed by atoms with Crippen LogP contribution in [0.15, 0.2) is 18.2 Å². The van der Waals surface area contributed by atoms with Crippen molar-refractivity contribution in [3.63, 3.8) is 0 Å². The molecule has 0 radical (unpaired) electrons. The SMILES string of the molecule is O=C(O)C(F)(F)Cc1cc(F)cc(C(F)(F)F)c1. The molecular weight excluding hydrogens is 266 g/mol. The Labute approximate surface area is 96.8 Å². The maximum atomic E-state index is 12.8. The Morgan fingerprint density at radius 3 is 2.11 bits per heavy atom. The van der Waals surface area contributed by atoms with Crippen molar-refractivity contribution in [3.05, 3.63) is 35.1 Å². The number of carbonyl (C=O) groups is 1. The lowest BCUT2D eigenvalue weighted by Gasteiger charge is -2.13. The normalized spacial score (nSPS) is 12.6. The number of halogens is 6. The van der Waals surface area contributed by atoms with Crippen LogP contribution in [-0.4, -0.2) is 17.0 Å². The molecule has 1 aromatic rings. The van der Waals surface area contributed by atoms with Gasteiger partial charge in [-0.3, -0.25) is 0 Å². The van der Waals surface area contributed by atoms with Crippen molar-refractivity contribution in [1.29, 1.82) is 0 Å². The fraction of sp³-hybridized carbons (Fsp3) is 0.300. The van der Waals surface area contributed by atoms with Crippen LogP contribution in [-0.2, 0) is 17.4 Å². The van der Waals surface area contributed by atoms with Crippen molar-refractivity contribution in [2.75, 3.05) is 0 Å². The number of hydrogen-bond donors (Lipinski definition) is 1. The molecule has 0 amide bonds. The molecule has 2 nitrogen and oxygen atoms in total. The lowest BCUT2D eigenvalue weighted by Crippen LogP contribution is -2.30. The number of aliphatic carboxylic acids is 1. The van der Waals surface area contributed by atoms with Crippen LogP contribution in [0.5, 0.6) is 0 Å². The minimum absolute atomic E-state index is 0.141. The van der Waals surface area contributed by atoms with E-state index in [4.69, 9.17) is 5.11 Å². The van der Waals surface area contributed by atoms with Crippen molar-refractivity contribution < 1.29 is 36.2 Å². The molecule has 18 heavy (non-hydrogen) atoms. The van der Waals surface area contributed by atoms with Crippen LogP contribution in [0.25, 0.3) is 0 Å². The summed E-state index contributed by atoms with van der Waals surface area (Å²) in [6, 6.07) is 0.869. The molecule has 0 heterocycles. The van der Waals surface area contributed by atoms with E-state index in [0.29, 0.717) is 12.1 Å². The van der Waals surface area contributed by atoms with E-state index in [2.05, 4.69) is 0 Å². The summed E-state index contributed by atoms with van der Waals surface area (Å²) in [5.74, 6) is -8.10. The van der Waals surface area contributed by atoms with E-state index < -0.39 is 41.4 Å². The molecule has 0 saturated carbocycles. The molecule has 0 aliphatic carbocycles. The molecule has 1 aromatic carbocycles. The lowest BCUT2D eigenvalue weighted by atomic mass is 10.0. The van der Waals surface area contributed by atoms with E-state index in [-0.39, 0.29) is 6.07 Å². The third kappa shape index (κ3) is 3.38. The smallest absolute Gasteiger partial charge is 0.416 e. The molecule has 0 aliphatic heterocycles. The monoisotopic (exact) mass is 272 g/mol. The van der Waals surface area contributed by atoms with Crippen LogP contribution in [0.3, 0.4) is 0 Å². The second kappa shape index (κ2) is 4.51. The molecule has 0 saturated heterocycles. The van der Waals surface area contributed by atoms with Gasteiger partial charge in [0.15, 0.2) is 0 Å². The van der Waals surface area contributed by atoms with Gasteiger partial charge in [-0.15, -0.1) is 0 Å². The van der Waals surface area contributed by atoms with Crippen LogP contribution in [0.2, 0.25) is 0 Å². The summed E-state index contributed by atoms with van der Waals surface area (Å²) < 4.78 is 75.2. The van der Waals surface area contributed by atoms with Crippen molar-refractivity contribution in [1.82, 2.24) is 0 Å². The number of carboxylic acid groups (broad SMARTS) is 1. The van der Waals surface area contributed by atoms with Crippen molar-refractivity contribution in [2.24, 2.45) is 0 Å². The van der Waals surface area contributed by atoms with Gasteiger partial charge in [-0.2, -0.15) is 22.0 Å². The first-order valence-electron chi connectivity index (χ1n) is 4.50. The number of benzene rings is 1. The summed E-state index contributed by atoms with van der Waals surface area (Å²) in [6.45, 7) is 0. The van der Waals surface area contributed by atoms with Crippen molar-refractivity contribution >= 4 is 5.97 Å². The second-order valence-electron chi connectivity index (χ2n) is 3.53. The molecule has 0 aliphatic rings. The summed E-state index contributed by atoms with van der Waals surface area (Å²) >= 11 is 0. The molecule has 1 N–H and O–H groups in total. The Morgan fingerprint density at radius 2 is 1.67 bits per heavy atom. The lowest BCUT2D eigenvalue weighted by molar-refractivity contribution is -0.164. The maximum Gasteiger partial charge on any atom is 0.416 e. The minimum atomic E-state index is -4.89. The molecule has 0 spiro atoms. The van der Waals surface area contributed by atoms with Crippen LogP contribution >= 0.6 is 0 Å². The molecule has 0 fully saturated rings. The van der Waals surface area contributed by atoms with Gasteiger partial charge in [0, 0.05) is 6.42 Å². The van der Waals surface area contributed by atoms with Crippen molar-refractivity contribution in [2.45, 2.75) is 18.5 Å². The van der Waals surface area contributed by atoms with Gasteiger partial charge in [0.25, 0.3) is 0 Å². The molecule has 8 heteroatoms. The molecule has 1 rings (SSSR count). The zero-order chi connectivity index (χ0) is 14.1. The predicted octanol–water partition coefficient (Wildman–Crippen LogP) is 3.11. The van der Waals surface area contributed by atoms with E-state index in [9.17, 15) is 31.1 Å².